The Balaban J connectivity index is 2.07. The van der Waals surface area contributed by atoms with Crippen molar-refractivity contribution < 1.29 is 0 Å². The number of nitrogens with two attached hydrogens (primary N) is 1. The summed E-state index contributed by atoms with van der Waals surface area (Å²) in [6, 6.07) is 0.196. The highest BCUT2D eigenvalue weighted by Gasteiger charge is 2.24. The van der Waals surface area contributed by atoms with Crippen LogP contribution in [-0.2, 0) is 0 Å². The molecule has 1 unspecified atom stereocenters. The number of aromatic nitrogens is 1. The number of hydrogen-bond acceptors (Lipinski definition) is 3. The standard InChI is InChI=1S/C10H16N2S/c1-7-6-13-10(12-7)9(11)8-4-2-3-5-8/h6,8-9H,2-5,11H2,1H3. The molecule has 1 fully saturated rings. The van der Waals surface area contributed by atoms with Gasteiger partial charge in [0.05, 0.1) is 6.04 Å². The molecule has 72 valence electrons. The summed E-state index contributed by atoms with van der Waals surface area (Å²) < 4.78 is 0. The van der Waals surface area contributed by atoms with E-state index in [0.29, 0.717) is 5.92 Å². The van der Waals surface area contributed by atoms with Crippen LogP contribution < -0.4 is 5.73 Å². The van der Waals surface area contributed by atoms with E-state index in [0.717, 1.165) is 10.7 Å². The van der Waals surface area contributed by atoms with Crippen molar-refractivity contribution in [3.05, 3.63) is 16.1 Å². The zero-order chi connectivity index (χ0) is 9.26. The molecule has 0 bridgehead atoms. The SMILES string of the molecule is Cc1csc(C(N)C2CCCC2)n1. The molecule has 1 heterocycles. The van der Waals surface area contributed by atoms with Crippen LogP contribution >= 0.6 is 11.3 Å². The average molecular weight is 196 g/mol. The van der Waals surface area contributed by atoms with E-state index in [1.165, 1.54) is 25.7 Å². The summed E-state index contributed by atoms with van der Waals surface area (Å²) in [6.07, 6.45) is 5.28. The Labute approximate surface area is 83.2 Å². The zero-order valence-electron chi connectivity index (χ0n) is 7.99. The van der Waals surface area contributed by atoms with Gasteiger partial charge >= 0.3 is 0 Å². The van der Waals surface area contributed by atoms with Crippen molar-refractivity contribution in [1.82, 2.24) is 4.98 Å². The summed E-state index contributed by atoms with van der Waals surface area (Å²) >= 11 is 1.71. The molecule has 0 amide bonds. The Hall–Kier alpha value is -0.410. The van der Waals surface area contributed by atoms with Crippen LogP contribution in [0, 0.1) is 12.8 Å². The second-order valence-corrected chi connectivity index (χ2v) is 4.79. The summed E-state index contributed by atoms with van der Waals surface area (Å²) in [5.41, 5.74) is 7.27. The molecule has 0 spiro atoms. The molecule has 1 aliphatic rings. The molecule has 0 aliphatic heterocycles. The van der Waals surface area contributed by atoms with Gasteiger partial charge < -0.3 is 5.73 Å². The maximum absolute atomic E-state index is 6.16. The Morgan fingerprint density at radius 1 is 1.54 bits per heavy atom. The predicted octanol–water partition coefficient (Wildman–Crippen LogP) is 2.64. The highest BCUT2D eigenvalue weighted by atomic mass is 32.1. The van der Waals surface area contributed by atoms with Gasteiger partial charge in [0.15, 0.2) is 0 Å². The van der Waals surface area contributed by atoms with Gasteiger partial charge in [-0.1, -0.05) is 12.8 Å². The maximum atomic E-state index is 6.16. The van der Waals surface area contributed by atoms with Gasteiger partial charge in [-0.2, -0.15) is 0 Å². The van der Waals surface area contributed by atoms with E-state index in [2.05, 4.69) is 10.4 Å². The minimum Gasteiger partial charge on any atom is -0.322 e. The van der Waals surface area contributed by atoms with Crippen LogP contribution in [0.2, 0.25) is 0 Å². The van der Waals surface area contributed by atoms with Crippen LogP contribution in [0.15, 0.2) is 5.38 Å². The molecule has 1 aliphatic carbocycles. The Bertz CT molecular complexity index is 276. The molecule has 1 aromatic heterocycles. The minimum atomic E-state index is 0.196. The van der Waals surface area contributed by atoms with Gasteiger partial charge in [-0.25, -0.2) is 4.98 Å². The Morgan fingerprint density at radius 2 is 2.23 bits per heavy atom. The normalized spacial score (nSPS) is 20.8. The third-order valence-corrected chi connectivity index (χ3v) is 3.89. The first-order chi connectivity index (χ1) is 6.27. The van der Waals surface area contributed by atoms with Crippen molar-refractivity contribution in [2.24, 2.45) is 11.7 Å². The van der Waals surface area contributed by atoms with Gasteiger partial charge in [0, 0.05) is 11.1 Å². The van der Waals surface area contributed by atoms with E-state index in [4.69, 9.17) is 5.73 Å². The van der Waals surface area contributed by atoms with E-state index in [-0.39, 0.29) is 6.04 Å². The van der Waals surface area contributed by atoms with Gasteiger partial charge in [-0.05, 0) is 25.7 Å². The van der Waals surface area contributed by atoms with Crippen molar-refractivity contribution in [3.63, 3.8) is 0 Å². The van der Waals surface area contributed by atoms with Crippen molar-refractivity contribution in [2.75, 3.05) is 0 Å². The van der Waals surface area contributed by atoms with E-state index < -0.39 is 0 Å². The van der Waals surface area contributed by atoms with Crippen molar-refractivity contribution >= 4 is 11.3 Å². The molecule has 2 nitrogen and oxygen atoms in total. The van der Waals surface area contributed by atoms with Crippen molar-refractivity contribution in [3.8, 4) is 0 Å². The Morgan fingerprint density at radius 3 is 2.77 bits per heavy atom. The van der Waals surface area contributed by atoms with E-state index in [1.54, 1.807) is 11.3 Å². The van der Waals surface area contributed by atoms with Crippen LogP contribution in [0.4, 0.5) is 0 Å². The van der Waals surface area contributed by atoms with Gasteiger partial charge in [-0.15, -0.1) is 11.3 Å². The quantitative estimate of drug-likeness (QED) is 0.789. The number of thiazole rings is 1. The second-order valence-electron chi connectivity index (χ2n) is 3.90. The minimum absolute atomic E-state index is 0.196. The van der Waals surface area contributed by atoms with E-state index >= 15 is 0 Å². The molecule has 2 rings (SSSR count). The lowest BCUT2D eigenvalue weighted by molar-refractivity contribution is 0.443. The van der Waals surface area contributed by atoms with Crippen molar-refractivity contribution in [1.29, 1.82) is 0 Å². The molecule has 1 saturated carbocycles. The molecule has 1 atom stereocenters. The van der Waals surface area contributed by atoms with Gasteiger partial charge in [-0.3, -0.25) is 0 Å². The molecule has 0 saturated heterocycles. The third kappa shape index (κ3) is 1.92. The molecular weight excluding hydrogens is 180 g/mol. The van der Waals surface area contributed by atoms with Gasteiger partial charge in [0.25, 0.3) is 0 Å². The lowest BCUT2D eigenvalue weighted by atomic mass is 10.00. The lowest BCUT2D eigenvalue weighted by Gasteiger charge is -2.15. The van der Waals surface area contributed by atoms with E-state index in [9.17, 15) is 0 Å². The topological polar surface area (TPSA) is 38.9 Å². The first kappa shape index (κ1) is 9.16. The lowest BCUT2D eigenvalue weighted by Crippen LogP contribution is -2.18. The van der Waals surface area contributed by atoms with Crippen LogP contribution in [0.1, 0.15) is 42.4 Å². The first-order valence-corrected chi connectivity index (χ1v) is 5.83. The molecule has 1 aromatic rings. The maximum Gasteiger partial charge on any atom is 0.110 e. The van der Waals surface area contributed by atoms with Crippen LogP contribution in [0.5, 0.6) is 0 Å². The molecule has 2 N–H and O–H groups in total. The second kappa shape index (κ2) is 3.76. The fourth-order valence-electron chi connectivity index (χ4n) is 2.04. The summed E-state index contributed by atoms with van der Waals surface area (Å²) in [7, 11) is 0. The fourth-order valence-corrected chi connectivity index (χ4v) is 2.93. The largest absolute Gasteiger partial charge is 0.322 e. The molecule has 0 aromatic carbocycles. The molecule has 0 radical (unpaired) electrons. The molecule has 3 heteroatoms. The number of aryl methyl sites for hydroxylation is 1. The summed E-state index contributed by atoms with van der Waals surface area (Å²) in [5, 5.41) is 3.22. The first-order valence-electron chi connectivity index (χ1n) is 4.95. The molecular formula is C10H16N2S. The smallest absolute Gasteiger partial charge is 0.110 e. The summed E-state index contributed by atoms with van der Waals surface area (Å²) in [5.74, 6) is 0.686. The highest BCUT2D eigenvalue weighted by molar-refractivity contribution is 7.09. The van der Waals surface area contributed by atoms with Gasteiger partial charge in [0.2, 0.25) is 0 Å². The Kier molecular flexibility index (Phi) is 2.65. The number of nitrogens with zero attached hydrogens (tertiary/aromatic N) is 1. The van der Waals surface area contributed by atoms with E-state index in [1.807, 2.05) is 6.92 Å². The summed E-state index contributed by atoms with van der Waals surface area (Å²) in [4.78, 5) is 4.45. The zero-order valence-corrected chi connectivity index (χ0v) is 8.81. The summed E-state index contributed by atoms with van der Waals surface area (Å²) in [6.45, 7) is 2.03. The molecule has 13 heavy (non-hydrogen) atoms. The van der Waals surface area contributed by atoms with Gasteiger partial charge in [0.1, 0.15) is 5.01 Å². The predicted molar refractivity (Wildman–Crippen MR) is 55.7 cm³/mol. The van der Waals surface area contributed by atoms with Crippen LogP contribution in [0.3, 0.4) is 0 Å². The van der Waals surface area contributed by atoms with Crippen molar-refractivity contribution in [2.45, 2.75) is 38.6 Å². The van der Waals surface area contributed by atoms with Crippen LogP contribution in [0.25, 0.3) is 0 Å². The number of hydrogen-bond donors (Lipinski definition) is 1. The fraction of sp³-hybridized carbons (Fsp3) is 0.700. The third-order valence-electron chi connectivity index (χ3n) is 2.83. The van der Waals surface area contributed by atoms with Crippen LogP contribution in [-0.4, -0.2) is 4.98 Å². The average Bonchev–Trinajstić information content (AvgIpc) is 2.72. The number of rotatable bonds is 2. The highest BCUT2D eigenvalue weighted by Crippen LogP contribution is 2.34. The monoisotopic (exact) mass is 196 g/mol.